The van der Waals surface area contributed by atoms with Gasteiger partial charge < -0.3 is 15.0 Å². The summed E-state index contributed by atoms with van der Waals surface area (Å²) in [5.41, 5.74) is -0.293. The molecule has 1 amide bonds. The number of hydrogen-bond acceptors (Lipinski definition) is 3. The van der Waals surface area contributed by atoms with Crippen molar-refractivity contribution in [3.8, 4) is 0 Å². The van der Waals surface area contributed by atoms with Gasteiger partial charge in [0.1, 0.15) is 6.04 Å². The first-order valence-corrected chi connectivity index (χ1v) is 7.20. The Hall–Kier alpha value is -1.82. The van der Waals surface area contributed by atoms with Gasteiger partial charge in [0.05, 0.1) is 5.02 Å². The van der Waals surface area contributed by atoms with Gasteiger partial charge in [-0.1, -0.05) is 24.9 Å². The van der Waals surface area contributed by atoms with Crippen LogP contribution >= 0.6 is 11.6 Å². The summed E-state index contributed by atoms with van der Waals surface area (Å²) in [6.45, 7) is 2.18. The molecule has 116 valence electrons. The van der Waals surface area contributed by atoms with Gasteiger partial charge in [0.25, 0.3) is 5.56 Å². The lowest BCUT2D eigenvalue weighted by Crippen LogP contribution is -2.37. The molecule has 0 spiro atoms. The molecule has 21 heavy (non-hydrogen) atoms. The van der Waals surface area contributed by atoms with Crippen LogP contribution in [0.5, 0.6) is 0 Å². The predicted octanol–water partition coefficient (Wildman–Crippen LogP) is 1.82. The van der Waals surface area contributed by atoms with Gasteiger partial charge in [-0.15, -0.1) is 0 Å². The molecule has 7 heteroatoms. The fourth-order valence-corrected chi connectivity index (χ4v) is 2.13. The van der Waals surface area contributed by atoms with Gasteiger partial charge in [0.2, 0.25) is 5.91 Å². The molecule has 0 bridgehead atoms. The van der Waals surface area contributed by atoms with Crippen molar-refractivity contribution < 1.29 is 14.7 Å². The van der Waals surface area contributed by atoms with Crippen molar-refractivity contribution in [3.05, 3.63) is 33.7 Å². The van der Waals surface area contributed by atoms with Crippen LogP contribution in [0.1, 0.15) is 38.6 Å². The standard InChI is InChI=1S/C14H19ClN2O4/c1-2-4-11(14(21)16-8-3-5-13(19)20)17-9-10(15)6-7-12(17)18/h6-7,9,11H,2-5,8H2,1H3,(H,16,21)(H,19,20). The number of pyridine rings is 1. The summed E-state index contributed by atoms with van der Waals surface area (Å²) in [7, 11) is 0. The van der Waals surface area contributed by atoms with E-state index in [4.69, 9.17) is 16.7 Å². The third kappa shape index (κ3) is 5.59. The van der Waals surface area contributed by atoms with E-state index in [9.17, 15) is 14.4 Å². The fourth-order valence-electron chi connectivity index (χ4n) is 1.96. The number of halogens is 1. The summed E-state index contributed by atoms with van der Waals surface area (Å²) in [6.07, 6.45) is 3.03. The SMILES string of the molecule is CCCC(C(=O)NCCCC(=O)O)n1cc(Cl)ccc1=O. The highest BCUT2D eigenvalue weighted by Crippen LogP contribution is 2.14. The van der Waals surface area contributed by atoms with E-state index in [1.54, 1.807) is 0 Å². The largest absolute Gasteiger partial charge is 0.481 e. The number of nitrogens with zero attached hydrogens (tertiary/aromatic N) is 1. The number of carbonyl (C=O) groups excluding carboxylic acids is 1. The van der Waals surface area contributed by atoms with E-state index in [1.807, 2.05) is 6.92 Å². The van der Waals surface area contributed by atoms with Crippen molar-refractivity contribution >= 4 is 23.5 Å². The lowest BCUT2D eigenvalue weighted by atomic mass is 10.1. The molecule has 1 atom stereocenters. The number of amides is 1. The topological polar surface area (TPSA) is 88.4 Å². The Morgan fingerprint density at radius 3 is 2.76 bits per heavy atom. The lowest BCUT2D eigenvalue weighted by Gasteiger charge is -2.19. The van der Waals surface area contributed by atoms with Crippen LogP contribution in [0.3, 0.4) is 0 Å². The summed E-state index contributed by atoms with van der Waals surface area (Å²) >= 11 is 5.87. The Morgan fingerprint density at radius 2 is 2.14 bits per heavy atom. The van der Waals surface area contributed by atoms with Crippen LogP contribution in [0.15, 0.2) is 23.1 Å². The summed E-state index contributed by atoms with van der Waals surface area (Å²) in [6, 6.07) is 2.17. The zero-order valence-electron chi connectivity index (χ0n) is 11.8. The van der Waals surface area contributed by atoms with E-state index in [-0.39, 0.29) is 24.4 Å². The number of carboxylic acids is 1. The minimum absolute atomic E-state index is 0.00413. The molecule has 6 nitrogen and oxygen atoms in total. The average molecular weight is 315 g/mol. The van der Waals surface area contributed by atoms with Gasteiger partial charge in [0.15, 0.2) is 0 Å². The molecule has 0 aliphatic carbocycles. The van der Waals surface area contributed by atoms with Crippen molar-refractivity contribution in [2.24, 2.45) is 0 Å². The first-order chi connectivity index (χ1) is 9.95. The molecule has 0 aromatic carbocycles. The summed E-state index contributed by atoms with van der Waals surface area (Å²) in [5, 5.41) is 11.6. The average Bonchev–Trinajstić information content (AvgIpc) is 2.43. The first-order valence-electron chi connectivity index (χ1n) is 6.83. The Labute approximate surface area is 127 Å². The molecule has 0 aliphatic heterocycles. The van der Waals surface area contributed by atoms with Gasteiger partial charge in [-0.05, 0) is 18.9 Å². The van der Waals surface area contributed by atoms with Gasteiger partial charge in [-0.25, -0.2) is 0 Å². The molecule has 0 radical (unpaired) electrons. The smallest absolute Gasteiger partial charge is 0.303 e. The zero-order valence-corrected chi connectivity index (χ0v) is 12.6. The van der Waals surface area contributed by atoms with Crippen LogP contribution in [0.2, 0.25) is 5.02 Å². The maximum absolute atomic E-state index is 12.2. The van der Waals surface area contributed by atoms with E-state index in [0.717, 1.165) is 6.42 Å². The highest BCUT2D eigenvalue weighted by molar-refractivity contribution is 6.30. The Balaban J connectivity index is 2.76. The second-order valence-electron chi connectivity index (χ2n) is 4.69. The van der Waals surface area contributed by atoms with Crippen molar-refractivity contribution in [3.63, 3.8) is 0 Å². The monoisotopic (exact) mass is 314 g/mol. The predicted molar refractivity (Wildman–Crippen MR) is 79.5 cm³/mol. The van der Waals surface area contributed by atoms with Gasteiger partial charge in [-0.2, -0.15) is 0 Å². The first kappa shape index (κ1) is 17.2. The minimum atomic E-state index is -0.902. The van der Waals surface area contributed by atoms with Crippen LogP contribution in [0.25, 0.3) is 0 Å². The highest BCUT2D eigenvalue weighted by atomic mass is 35.5. The molecule has 1 aromatic rings. The molecule has 0 fully saturated rings. The minimum Gasteiger partial charge on any atom is -0.481 e. The highest BCUT2D eigenvalue weighted by Gasteiger charge is 2.20. The number of rotatable bonds is 8. The molecular weight excluding hydrogens is 296 g/mol. The molecule has 0 saturated heterocycles. The van der Waals surface area contributed by atoms with Crippen LogP contribution in [0.4, 0.5) is 0 Å². The molecule has 0 saturated carbocycles. The lowest BCUT2D eigenvalue weighted by molar-refractivity contribution is -0.137. The van der Waals surface area contributed by atoms with E-state index < -0.39 is 12.0 Å². The molecule has 0 aliphatic rings. The number of aliphatic carboxylic acids is 1. The summed E-state index contributed by atoms with van der Waals surface area (Å²) < 4.78 is 1.32. The van der Waals surface area contributed by atoms with Crippen molar-refractivity contribution in [2.75, 3.05) is 6.54 Å². The van der Waals surface area contributed by atoms with Crippen molar-refractivity contribution in [1.29, 1.82) is 0 Å². The van der Waals surface area contributed by atoms with Crippen molar-refractivity contribution in [2.45, 2.75) is 38.6 Å². The zero-order chi connectivity index (χ0) is 15.8. The third-order valence-electron chi connectivity index (χ3n) is 2.97. The molecule has 2 N–H and O–H groups in total. The molecular formula is C14H19ClN2O4. The van der Waals surface area contributed by atoms with Crippen LogP contribution < -0.4 is 10.9 Å². The molecule has 1 unspecified atom stereocenters. The third-order valence-corrected chi connectivity index (χ3v) is 3.19. The van der Waals surface area contributed by atoms with Gasteiger partial charge in [0, 0.05) is 25.2 Å². The van der Waals surface area contributed by atoms with E-state index >= 15 is 0 Å². The normalized spacial score (nSPS) is 11.9. The van der Waals surface area contributed by atoms with E-state index in [1.165, 1.54) is 22.9 Å². The fraction of sp³-hybridized carbons (Fsp3) is 0.500. The summed E-state index contributed by atoms with van der Waals surface area (Å²) in [4.78, 5) is 34.4. The van der Waals surface area contributed by atoms with Crippen LogP contribution in [-0.2, 0) is 9.59 Å². The number of carbonyl (C=O) groups is 2. The molecule has 1 heterocycles. The Morgan fingerprint density at radius 1 is 1.43 bits per heavy atom. The molecule has 1 aromatic heterocycles. The number of aromatic nitrogens is 1. The van der Waals surface area contributed by atoms with Gasteiger partial charge >= 0.3 is 5.97 Å². The Kier molecular flexibility index (Phi) is 6.94. The van der Waals surface area contributed by atoms with Crippen molar-refractivity contribution in [1.82, 2.24) is 9.88 Å². The number of nitrogens with one attached hydrogen (secondary N) is 1. The maximum atomic E-state index is 12.2. The molecule has 1 rings (SSSR count). The van der Waals surface area contributed by atoms with E-state index in [0.29, 0.717) is 17.9 Å². The second-order valence-corrected chi connectivity index (χ2v) is 5.12. The van der Waals surface area contributed by atoms with E-state index in [2.05, 4.69) is 5.32 Å². The number of hydrogen-bond donors (Lipinski definition) is 2. The quantitative estimate of drug-likeness (QED) is 0.716. The summed E-state index contributed by atoms with van der Waals surface area (Å²) in [5.74, 6) is -1.20. The Bertz CT molecular complexity index is 556. The van der Waals surface area contributed by atoms with Gasteiger partial charge in [-0.3, -0.25) is 14.4 Å². The maximum Gasteiger partial charge on any atom is 0.303 e. The van der Waals surface area contributed by atoms with Crippen LogP contribution in [-0.4, -0.2) is 28.1 Å². The van der Waals surface area contributed by atoms with Crippen LogP contribution in [0, 0.1) is 0 Å². The number of carboxylic acid groups (broad SMARTS) is 1. The second kappa shape index (κ2) is 8.46.